The van der Waals surface area contributed by atoms with Crippen molar-refractivity contribution in [2.75, 3.05) is 5.32 Å². The van der Waals surface area contributed by atoms with Crippen molar-refractivity contribution in [2.45, 2.75) is 56.7 Å². The van der Waals surface area contributed by atoms with Gasteiger partial charge in [0.05, 0.1) is 0 Å². The molecule has 0 saturated carbocycles. The molecule has 1 aromatic carbocycles. The Labute approximate surface area is 124 Å². The number of fused-ring (bicyclic) bond motifs is 1. The number of carbonyl (C=O) groups excluding carboxylic acids is 1. The molecule has 1 aliphatic rings. The molecule has 0 bridgehead atoms. The van der Waals surface area contributed by atoms with Gasteiger partial charge >= 0.3 is 0 Å². The Kier molecular flexibility index (Phi) is 5.44. The first-order chi connectivity index (χ1) is 9.20. The summed E-state index contributed by atoms with van der Waals surface area (Å²) < 4.78 is 0. The van der Waals surface area contributed by atoms with E-state index in [1.165, 1.54) is 36.8 Å². The van der Waals surface area contributed by atoms with Crippen molar-refractivity contribution in [3.8, 4) is 0 Å². The van der Waals surface area contributed by atoms with Crippen molar-refractivity contribution in [1.82, 2.24) is 0 Å². The van der Waals surface area contributed by atoms with E-state index in [1.54, 1.807) is 0 Å². The second kappa shape index (κ2) is 7.09. The monoisotopic (exact) mass is 323 g/mol. The van der Waals surface area contributed by atoms with Crippen LogP contribution in [0.4, 0.5) is 5.69 Å². The highest BCUT2D eigenvalue weighted by molar-refractivity contribution is 9.09. The van der Waals surface area contributed by atoms with Crippen molar-refractivity contribution in [2.24, 2.45) is 0 Å². The minimum absolute atomic E-state index is 0.143. The van der Waals surface area contributed by atoms with Gasteiger partial charge in [-0.2, -0.15) is 0 Å². The molecule has 104 valence electrons. The highest BCUT2D eigenvalue weighted by Gasteiger charge is 2.15. The van der Waals surface area contributed by atoms with Crippen LogP contribution in [0.25, 0.3) is 0 Å². The van der Waals surface area contributed by atoms with E-state index in [-0.39, 0.29) is 5.91 Å². The third-order valence-electron chi connectivity index (χ3n) is 3.68. The first-order valence-corrected chi connectivity index (χ1v) is 8.19. The lowest BCUT2D eigenvalue weighted by Crippen LogP contribution is -2.09. The predicted octanol–water partition coefficient (Wildman–Crippen LogP) is 4.98. The van der Waals surface area contributed by atoms with E-state index < -0.39 is 0 Å². The number of halogens is 1. The number of amides is 1. The summed E-state index contributed by atoms with van der Waals surface area (Å²) in [5, 5.41) is 2.99. The summed E-state index contributed by atoms with van der Waals surface area (Å²) in [5.74, 6) is 0.143. The lowest BCUT2D eigenvalue weighted by Gasteiger charge is -2.13. The van der Waals surface area contributed by atoms with Gasteiger partial charge in [0, 0.05) is 16.9 Å². The number of nitrogens with one attached hydrogen (secondary N) is 1. The van der Waals surface area contributed by atoms with Crippen LogP contribution in [0.3, 0.4) is 0 Å². The third kappa shape index (κ3) is 4.07. The SMILES string of the molecule is CCCCCC(Br)c1ccc2c(c1)CCCC(=O)N2. The summed E-state index contributed by atoms with van der Waals surface area (Å²) in [6.45, 7) is 2.23. The second-order valence-electron chi connectivity index (χ2n) is 5.28. The highest BCUT2D eigenvalue weighted by Crippen LogP contribution is 2.32. The molecule has 2 rings (SSSR count). The van der Waals surface area contributed by atoms with E-state index in [0.717, 1.165) is 18.5 Å². The Morgan fingerprint density at radius 2 is 2.16 bits per heavy atom. The number of anilines is 1. The first kappa shape index (κ1) is 14.6. The molecule has 0 spiro atoms. The molecule has 2 nitrogen and oxygen atoms in total. The average Bonchev–Trinajstić information content (AvgIpc) is 2.58. The van der Waals surface area contributed by atoms with E-state index in [1.807, 2.05) is 0 Å². The van der Waals surface area contributed by atoms with Gasteiger partial charge in [0.1, 0.15) is 0 Å². The number of hydrogen-bond donors (Lipinski definition) is 1. The average molecular weight is 324 g/mol. The van der Waals surface area contributed by atoms with Crippen molar-refractivity contribution < 1.29 is 4.79 Å². The number of unbranched alkanes of at least 4 members (excludes halogenated alkanes) is 2. The number of rotatable bonds is 5. The number of carbonyl (C=O) groups is 1. The molecule has 1 atom stereocenters. The maximum Gasteiger partial charge on any atom is 0.224 e. The Balaban J connectivity index is 2.07. The van der Waals surface area contributed by atoms with Gasteiger partial charge in [0.25, 0.3) is 0 Å². The summed E-state index contributed by atoms with van der Waals surface area (Å²) in [6, 6.07) is 6.45. The Hall–Kier alpha value is -0.830. The van der Waals surface area contributed by atoms with Crippen molar-refractivity contribution >= 4 is 27.5 Å². The van der Waals surface area contributed by atoms with Gasteiger partial charge in [-0.15, -0.1) is 0 Å². The van der Waals surface area contributed by atoms with Gasteiger partial charge in [0.15, 0.2) is 0 Å². The van der Waals surface area contributed by atoms with Gasteiger partial charge in [-0.05, 0) is 36.5 Å². The van der Waals surface area contributed by atoms with Crippen LogP contribution in [0.1, 0.15) is 61.4 Å². The lowest BCUT2D eigenvalue weighted by atomic mass is 10.0. The van der Waals surface area contributed by atoms with Gasteiger partial charge in [-0.3, -0.25) is 4.79 Å². The maximum absolute atomic E-state index is 11.5. The molecule has 0 aromatic heterocycles. The molecule has 19 heavy (non-hydrogen) atoms. The zero-order valence-electron chi connectivity index (χ0n) is 11.5. The normalized spacial score (nSPS) is 16.4. The first-order valence-electron chi connectivity index (χ1n) is 7.27. The van der Waals surface area contributed by atoms with E-state index >= 15 is 0 Å². The van der Waals surface area contributed by atoms with E-state index in [0.29, 0.717) is 11.2 Å². The number of benzene rings is 1. The van der Waals surface area contributed by atoms with Crippen molar-refractivity contribution in [3.05, 3.63) is 29.3 Å². The highest BCUT2D eigenvalue weighted by atomic mass is 79.9. The van der Waals surface area contributed by atoms with Crippen LogP contribution < -0.4 is 5.32 Å². The molecular weight excluding hydrogens is 302 g/mol. The molecule has 1 unspecified atom stereocenters. The molecule has 0 aliphatic carbocycles. The Morgan fingerprint density at radius 3 is 2.95 bits per heavy atom. The maximum atomic E-state index is 11.5. The van der Waals surface area contributed by atoms with Crippen LogP contribution in [0.15, 0.2) is 18.2 Å². The molecular formula is C16H22BrNO. The Bertz CT molecular complexity index is 444. The molecule has 0 saturated heterocycles. The molecule has 0 fully saturated rings. The standard InChI is InChI=1S/C16H22BrNO/c1-2-3-4-7-14(17)12-9-10-15-13(11-12)6-5-8-16(19)18-15/h9-11,14H,2-8H2,1H3,(H,18,19). The van der Waals surface area contributed by atoms with Crippen LogP contribution in [-0.4, -0.2) is 5.91 Å². The van der Waals surface area contributed by atoms with Crippen molar-refractivity contribution in [1.29, 1.82) is 0 Å². The van der Waals surface area contributed by atoms with Crippen LogP contribution in [0.5, 0.6) is 0 Å². The Morgan fingerprint density at radius 1 is 1.32 bits per heavy atom. The summed E-state index contributed by atoms with van der Waals surface area (Å²) in [5.41, 5.74) is 3.62. The minimum Gasteiger partial charge on any atom is -0.326 e. The second-order valence-corrected chi connectivity index (χ2v) is 6.39. The molecule has 1 aromatic rings. The van der Waals surface area contributed by atoms with Crippen molar-refractivity contribution in [3.63, 3.8) is 0 Å². The zero-order chi connectivity index (χ0) is 13.7. The molecule has 1 N–H and O–H groups in total. The van der Waals surface area contributed by atoms with Gasteiger partial charge in [0.2, 0.25) is 5.91 Å². The third-order valence-corrected chi connectivity index (χ3v) is 4.66. The fourth-order valence-corrected chi connectivity index (χ4v) is 3.14. The van der Waals surface area contributed by atoms with Crippen LogP contribution in [0.2, 0.25) is 0 Å². The summed E-state index contributed by atoms with van der Waals surface area (Å²) in [4.78, 5) is 12.0. The molecule has 1 amide bonds. The van der Waals surface area contributed by atoms with Gasteiger partial charge in [-0.25, -0.2) is 0 Å². The van der Waals surface area contributed by atoms with E-state index in [4.69, 9.17) is 0 Å². The van der Waals surface area contributed by atoms with Crippen LogP contribution in [0, 0.1) is 0 Å². The summed E-state index contributed by atoms with van der Waals surface area (Å²) >= 11 is 3.79. The van der Waals surface area contributed by atoms with E-state index in [2.05, 4.69) is 46.4 Å². The number of aryl methyl sites for hydroxylation is 1. The smallest absolute Gasteiger partial charge is 0.224 e. The molecule has 0 radical (unpaired) electrons. The summed E-state index contributed by atoms with van der Waals surface area (Å²) in [7, 11) is 0. The number of hydrogen-bond acceptors (Lipinski definition) is 1. The number of alkyl halides is 1. The lowest BCUT2D eigenvalue weighted by molar-refractivity contribution is -0.116. The molecule has 1 aliphatic heterocycles. The van der Waals surface area contributed by atoms with Crippen LogP contribution in [-0.2, 0) is 11.2 Å². The molecule has 1 heterocycles. The topological polar surface area (TPSA) is 29.1 Å². The van der Waals surface area contributed by atoms with Crippen LogP contribution >= 0.6 is 15.9 Å². The molecule has 3 heteroatoms. The largest absolute Gasteiger partial charge is 0.326 e. The fraction of sp³-hybridized carbons (Fsp3) is 0.562. The summed E-state index contributed by atoms with van der Waals surface area (Å²) in [6.07, 6.45) is 7.58. The minimum atomic E-state index is 0.143. The van der Waals surface area contributed by atoms with Gasteiger partial charge < -0.3 is 5.32 Å². The zero-order valence-corrected chi connectivity index (χ0v) is 13.1. The van der Waals surface area contributed by atoms with E-state index in [9.17, 15) is 4.79 Å². The quantitative estimate of drug-likeness (QED) is 0.601. The van der Waals surface area contributed by atoms with Gasteiger partial charge in [-0.1, -0.05) is 54.2 Å². The predicted molar refractivity (Wildman–Crippen MR) is 83.8 cm³/mol. The fourth-order valence-electron chi connectivity index (χ4n) is 2.53.